The molecule has 1 aromatic rings. The predicted octanol–water partition coefficient (Wildman–Crippen LogP) is 5.31. The van der Waals surface area contributed by atoms with Crippen molar-refractivity contribution in [1.82, 2.24) is 10.2 Å². The van der Waals surface area contributed by atoms with Crippen molar-refractivity contribution in [3.05, 3.63) is 28.8 Å². The fourth-order valence-corrected chi connectivity index (χ4v) is 8.84. The molecule has 0 radical (unpaired) electrons. The highest BCUT2D eigenvalue weighted by atomic mass is 35.5. The second-order valence-corrected chi connectivity index (χ2v) is 13.4. The molecule has 4 bridgehead atoms. The number of anilines is 1. The van der Waals surface area contributed by atoms with Crippen molar-refractivity contribution in [3.8, 4) is 0 Å². The van der Waals surface area contributed by atoms with Crippen LogP contribution in [0.1, 0.15) is 77.2 Å². The molecule has 6 aliphatic rings. The monoisotopic (exact) mass is 566 g/mol. The van der Waals surface area contributed by atoms with Gasteiger partial charge in [-0.15, -0.1) is 0 Å². The molecule has 6 fully saturated rings. The lowest BCUT2D eigenvalue weighted by Crippen LogP contribution is -2.67. The van der Waals surface area contributed by atoms with E-state index < -0.39 is 33.9 Å². The van der Waals surface area contributed by atoms with E-state index in [1.807, 2.05) is 6.92 Å². The highest BCUT2D eigenvalue weighted by Gasteiger charge is 2.72. The molecule has 0 spiro atoms. The highest BCUT2D eigenvalue weighted by Crippen LogP contribution is 2.68. The number of amides is 2. The van der Waals surface area contributed by atoms with Crippen molar-refractivity contribution in [1.29, 1.82) is 5.41 Å². The van der Waals surface area contributed by atoms with Crippen LogP contribution in [0.25, 0.3) is 0 Å². The number of carbonyl (C=O) groups excluding carboxylic acids is 2. The second kappa shape index (κ2) is 8.59. The molecule has 4 saturated carbocycles. The molecular weight excluding hydrogens is 533 g/mol. The Morgan fingerprint density at radius 3 is 2.31 bits per heavy atom. The third-order valence-electron chi connectivity index (χ3n) is 9.42. The summed E-state index contributed by atoms with van der Waals surface area (Å²) in [5, 5.41) is 14.7. The highest BCUT2D eigenvalue weighted by molar-refractivity contribution is 6.34. The van der Waals surface area contributed by atoms with Gasteiger partial charge in [-0.25, -0.2) is 13.2 Å². The van der Waals surface area contributed by atoms with Crippen molar-refractivity contribution < 1.29 is 27.5 Å². The Morgan fingerprint density at radius 1 is 1.13 bits per heavy atom. The minimum atomic E-state index is -2.05. The normalized spacial score (nSPS) is 43.4. The first-order valence-corrected chi connectivity index (χ1v) is 14.0. The van der Waals surface area contributed by atoms with Crippen LogP contribution >= 0.6 is 11.6 Å². The molecule has 3 N–H and O–H groups in total. The van der Waals surface area contributed by atoms with E-state index >= 15 is 13.2 Å². The quantitative estimate of drug-likeness (QED) is 0.460. The van der Waals surface area contributed by atoms with Crippen LogP contribution < -0.4 is 10.6 Å². The molecule has 11 heteroatoms. The Bertz CT molecular complexity index is 1190. The molecule has 4 aliphatic carbocycles. The zero-order valence-corrected chi connectivity index (χ0v) is 22.9. The maximum absolute atomic E-state index is 15.5. The van der Waals surface area contributed by atoms with Gasteiger partial charge in [0.1, 0.15) is 17.0 Å². The summed E-state index contributed by atoms with van der Waals surface area (Å²) < 4.78 is 52.0. The van der Waals surface area contributed by atoms with Crippen molar-refractivity contribution in [2.24, 2.45) is 5.41 Å². The maximum atomic E-state index is 15.5. The van der Waals surface area contributed by atoms with Crippen LogP contribution in [0.5, 0.6) is 0 Å². The van der Waals surface area contributed by atoms with Crippen molar-refractivity contribution in [2.75, 3.05) is 11.9 Å². The second-order valence-electron chi connectivity index (χ2n) is 13.0. The number of hydrogen-bond acceptors (Lipinski definition) is 4. The molecule has 0 unspecified atom stereocenters. The smallest absolute Gasteiger partial charge is 0.232 e. The zero-order chi connectivity index (χ0) is 28.0. The van der Waals surface area contributed by atoms with Crippen LogP contribution in [0.2, 0.25) is 5.02 Å². The maximum Gasteiger partial charge on any atom is 0.232 e. The first-order valence-electron chi connectivity index (χ1n) is 13.6. The molecule has 1 aromatic carbocycles. The van der Waals surface area contributed by atoms with Crippen molar-refractivity contribution in [2.45, 2.75) is 106 Å². The number of guanidine groups is 1. The number of carbonyl (C=O) groups is 2. The van der Waals surface area contributed by atoms with Gasteiger partial charge in [-0.2, -0.15) is 0 Å². The predicted molar refractivity (Wildman–Crippen MR) is 140 cm³/mol. The molecule has 39 heavy (non-hydrogen) atoms. The number of alkyl halides is 3. The fourth-order valence-electron chi connectivity index (χ4n) is 8.46. The van der Waals surface area contributed by atoms with Crippen LogP contribution in [-0.4, -0.2) is 58.4 Å². The molecule has 7 rings (SSSR count). The van der Waals surface area contributed by atoms with Gasteiger partial charge in [0.25, 0.3) is 0 Å². The van der Waals surface area contributed by atoms with Gasteiger partial charge in [0.05, 0.1) is 34.2 Å². The largest absolute Gasteiger partial charge is 0.378 e. The van der Waals surface area contributed by atoms with E-state index in [0.717, 1.165) is 0 Å². The summed E-state index contributed by atoms with van der Waals surface area (Å²) in [5.41, 5.74) is -7.96. The fraction of sp³-hybridized carbons (Fsp3) is 0.679. The summed E-state index contributed by atoms with van der Waals surface area (Å²) >= 11 is 6.78. The summed E-state index contributed by atoms with van der Waals surface area (Å²) in [7, 11) is 0. The first kappa shape index (κ1) is 26.9. The average molecular weight is 567 g/mol. The van der Waals surface area contributed by atoms with E-state index in [-0.39, 0.29) is 79.7 Å². The number of ether oxygens (including phenoxy) is 1. The van der Waals surface area contributed by atoms with Crippen LogP contribution in [0.4, 0.5) is 18.9 Å². The Hall–Kier alpha value is -2.33. The Kier molecular flexibility index (Phi) is 5.91. The van der Waals surface area contributed by atoms with Crippen molar-refractivity contribution >= 4 is 35.1 Å². The van der Waals surface area contributed by atoms with Crippen LogP contribution in [0, 0.1) is 10.8 Å². The Morgan fingerprint density at radius 2 is 1.74 bits per heavy atom. The zero-order valence-electron chi connectivity index (χ0n) is 22.1. The molecular formula is C28H34ClF3N4O3. The van der Waals surface area contributed by atoms with Crippen LogP contribution in [-0.2, 0) is 19.9 Å². The molecule has 7 nitrogen and oxygen atoms in total. The third kappa shape index (κ3) is 4.42. The number of benzene rings is 1. The molecule has 212 valence electrons. The lowest BCUT2D eigenvalue weighted by Gasteiger charge is -2.62. The van der Waals surface area contributed by atoms with Gasteiger partial charge >= 0.3 is 0 Å². The topological polar surface area (TPSA) is 94.5 Å². The number of nitrogens with zero attached hydrogens (tertiary/aromatic N) is 1. The average Bonchev–Trinajstić information content (AvgIpc) is 2.76. The summed E-state index contributed by atoms with van der Waals surface area (Å²) in [6.07, 6.45) is -0.460. The standard InChI is InChI=1S/C28H34ClF3N4O3/c1-16-8-17(6-7-39-16)36-20(37)9-24(2,35-23(36)33)18-4-3-5-19(21(18)29)34-22(38)25-10-26(30)13-27(31,11-25)15-28(32,12-25)14-26/h3-5,16-17H,6-15H2,1-2H3,(H2,33,35)(H,34,38)/t16-,17-,24+,25?,26?,27?,28?/m1/s1. The SMILES string of the molecule is C[C@@H]1C[C@H](N2C(=N)N[C@](C)(c3cccc(NC(=O)C45CC6(F)CC(F)(CC(F)(C6)C4)C5)c3Cl)CC2=O)CCO1. The van der Waals surface area contributed by atoms with E-state index in [4.69, 9.17) is 21.7 Å². The Labute approximate surface area is 230 Å². The third-order valence-corrected chi connectivity index (χ3v) is 9.83. The summed E-state index contributed by atoms with van der Waals surface area (Å²) in [4.78, 5) is 28.4. The molecule has 2 heterocycles. The Balaban J connectivity index is 1.24. The molecule has 2 saturated heterocycles. The van der Waals surface area contributed by atoms with Gasteiger partial charge in [-0.05, 0) is 57.6 Å². The van der Waals surface area contributed by atoms with Gasteiger partial charge in [-0.3, -0.25) is 19.9 Å². The summed E-state index contributed by atoms with van der Waals surface area (Å²) in [6.45, 7) is 4.23. The molecule has 0 aromatic heterocycles. The lowest BCUT2D eigenvalue weighted by molar-refractivity contribution is -0.214. The van der Waals surface area contributed by atoms with Gasteiger partial charge in [-0.1, -0.05) is 23.7 Å². The number of nitrogens with one attached hydrogen (secondary N) is 3. The molecule has 2 amide bonds. The van der Waals surface area contributed by atoms with E-state index in [0.29, 0.717) is 25.0 Å². The minimum absolute atomic E-state index is 0.00630. The van der Waals surface area contributed by atoms with E-state index in [1.54, 1.807) is 25.1 Å². The van der Waals surface area contributed by atoms with Gasteiger partial charge in [0.15, 0.2) is 5.96 Å². The van der Waals surface area contributed by atoms with Crippen molar-refractivity contribution in [3.63, 3.8) is 0 Å². The van der Waals surface area contributed by atoms with E-state index in [1.165, 1.54) is 4.90 Å². The lowest BCUT2D eigenvalue weighted by atomic mass is 9.46. The van der Waals surface area contributed by atoms with Gasteiger partial charge in [0.2, 0.25) is 11.8 Å². The number of rotatable bonds is 4. The minimum Gasteiger partial charge on any atom is -0.378 e. The number of hydrogen-bond donors (Lipinski definition) is 3. The molecule has 2 aliphatic heterocycles. The number of halogens is 4. The van der Waals surface area contributed by atoms with Gasteiger partial charge < -0.3 is 15.4 Å². The summed E-state index contributed by atoms with van der Waals surface area (Å²) in [5.74, 6) is -0.882. The van der Waals surface area contributed by atoms with Gasteiger partial charge in [0, 0.05) is 31.9 Å². The van der Waals surface area contributed by atoms with E-state index in [9.17, 15) is 9.59 Å². The first-order chi connectivity index (χ1) is 18.2. The van der Waals surface area contributed by atoms with Crippen LogP contribution in [0.3, 0.4) is 0 Å². The summed E-state index contributed by atoms with van der Waals surface area (Å²) in [6, 6.07) is 4.81. The molecule has 3 atom stereocenters. The van der Waals surface area contributed by atoms with E-state index in [2.05, 4.69) is 10.6 Å². The van der Waals surface area contributed by atoms with Crippen LogP contribution in [0.15, 0.2) is 18.2 Å².